The predicted octanol–water partition coefficient (Wildman–Crippen LogP) is 2.69. The van der Waals surface area contributed by atoms with E-state index in [1.165, 1.54) is 11.8 Å². The van der Waals surface area contributed by atoms with Gasteiger partial charge in [0.05, 0.1) is 5.52 Å². The second kappa shape index (κ2) is 4.66. The molecule has 1 heterocycles. The van der Waals surface area contributed by atoms with Gasteiger partial charge in [-0.15, -0.1) is 0 Å². The van der Waals surface area contributed by atoms with Crippen LogP contribution in [0.4, 0.5) is 4.39 Å². The fourth-order valence-corrected chi connectivity index (χ4v) is 2.17. The zero-order chi connectivity index (χ0) is 11.5. The highest BCUT2D eigenvalue weighted by Gasteiger charge is 2.09. The lowest BCUT2D eigenvalue weighted by atomic mass is 10.2. The van der Waals surface area contributed by atoms with Gasteiger partial charge in [0.15, 0.2) is 0 Å². The van der Waals surface area contributed by atoms with Crippen LogP contribution in [-0.4, -0.2) is 11.1 Å². The molecule has 0 aliphatic heterocycles. The van der Waals surface area contributed by atoms with Gasteiger partial charge in [0.2, 0.25) is 0 Å². The SMILES string of the molecule is CCn1c(CCCN)cc2c(F)cccc21. The van der Waals surface area contributed by atoms with E-state index >= 15 is 0 Å². The number of nitrogens with two attached hydrogens (primary N) is 1. The van der Waals surface area contributed by atoms with Gasteiger partial charge in [-0.25, -0.2) is 4.39 Å². The maximum atomic E-state index is 13.6. The van der Waals surface area contributed by atoms with Crippen molar-refractivity contribution >= 4 is 10.9 Å². The molecule has 86 valence electrons. The number of fused-ring (bicyclic) bond motifs is 1. The van der Waals surface area contributed by atoms with Gasteiger partial charge in [0, 0.05) is 17.6 Å². The summed E-state index contributed by atoms with van der Waals surface area (Å²) in [6.07, 6.45) is 1.86. The predicted molar refractivity (Wildman–Crippen MR) is 64.9 cm³/mol. The van der Waals surface area contributed by atoms with Crippen LogP contribution in [0.15, 0.2) is 24.3 Å². The molecular weight excluding hydrogens is 203 g/mol. The molecule has 0 saturated heterocycles. The summed E-state index contributed by atoms with van der Waals surface area (Å²) in [5.41, 5.74) is 7.66. The monoisotopic (exact) mass is 220 g/mol. The largest absolute Gasteiger partial charge is 0.345 e. The molecule has 1 aromatic heterocycles. The summed E-state index contributed by atoms with van der Waals surface area (Å²) in [7, 11) is 0. The van der Waals surface area contributed by atoms with Crippen molar-refractivity contribution < 1.29 is 4.39 Å². The average Bonchev–Trinajstić information content (AvgIpc) is 2.65. The molecule has 0 fully saturated rings. The van der Waals surface area contributed by atoms with Crippen molar-refractivity contribution in [2.75, 3.05) is 6.54 Å². The third-order valence-corrected chi connectivity index (χ3v) is 2.93. The van der Waals surface area contributed by atoms with Crippen LogP contribution in [0.3, 0.4) is 0 Å². The van der Waals surface area contributed by atoms with Gasteiger partial charge < -0.3 is 10.3 Å². The first-order valence-electron chi connectivity index (χ1n) is 5.74. The third-order valence-electron chi connectivity index (χ3n) is 2.93. The molecule has 0 saturated carbocycles. The van der Waals surface area contributed by atoms with Gasteiger partial charge in [-0.3, -0.25) is 0 Å². The summed E-state index contributed by atoms with van der Waals surface area (Å²) in [6.45, 7) is 3.62. The summed E-state index contributed by atoms with van der Waals surface area (Å²) in [5.74, 6) is -0.140. The van der Waals surface area contributed by atoms with Gasteiger partial charge in [0.1, 0.15) is 5.82 Å². The second-order valence-electron chi connectivity index (χ2n) is 3.94. The smallest absolute Gasteiger partial charge is 0.132 e. The Balaban J connectivity index is 2.52. The Morgan fingerprint density at radius 1 is 1.38 bits per heavy atom. The molecule has 0 spiro atoms. The lowest BCUT2D eigenvalue weighted by Gasteiger charge is -2.06. The Morgan fingerprint density at radius 2 is 2.19 bits per heavy atom. The van der Waals surface area contributed by atoms with Crippen molar-refractivity contribution in [2.24, 2.45) is 5.73 Å². The Bertz CT molecular complexity index is 488. The molecule has 16 heavy (non-hydrogen) atoms. The standard InChI is InChI=1S/C13H17FN2/c1-2-16-10(5-4-8-15)9-11-12(14)6-3-7-13(11)16/h3,6-7,9H,2,4-5,8,15H2,1H3. The highest BCUT2D eigenvalue weighted by atomic mass is 19.1. The first-order valence-corrected chi connectivity index (χ1v) is 5.74. The van der Waals surface area contributed by atoms with E-state index < -0.39 is 0 Å². The molecule has 0 unspecified atom stereocenters. The van der Waals surface area contributed by atoms with Gasteiger partial charge in [-0.2, -0.15) is 0 Å². The lowest BCUT2D eigenvalue weighted by Crippen LogP contribution is -2.05. The van der Waals surface area contributed by atoms with Crippen molar-refractivity contribution in [1.29, 1.82) is 0 Å². The summed E-state index contributed by atoms with van der Waals surface area (Å²) >= 11 is 0. The van der Waals surface area contributed by atoms with E-state index in [0.717, 1.165) is 30.3 Å². The summed E-state index contributed by atoms with van der Waals surface area (Å²) in [4.78, 5) is 0. The van der Waals surface area contributed by atoms with Crippen molar-refractivity contribution in [1.82, 2.24) is 4.57 Å². The normalized spacial score (nSPS) is 11.2. The molecule has 1 aromatic carbocycles. The maximum Gasteiger partial charge on any atom is 0.132 e. The second-order valence-corrected chi connectivity index (χ2v) is 3.94. The summed E-state index contributed by atoms with van der Waals surface area (Å²) in [5, 5.41) is 0.719. The molecule has 3 heteroatoms. The summed E-state index contributed by atoms with van der Waals surface area (Å²) < 4.78 is 15.8. The first kappa shape index (κ1) is 11.1. The molecule has 0 atom stereocenters. The van der Waals surface area contributed by atoms with Gasteiger partial charge >= 0.3 is 0 Å². The van der Waals surface area contributed by atoms with Crippen molar-refractivity contribution in [3.05, 3.63) is 35.8 Å². The van der Waals surface area contributed by atoms with Crippen LogP contribution in [0.2, 0.25) is 0 Å². The third kappa shape index (κ3) is 1.83. The molecule has 2 aromatic rings. The molecule has 0 radical (unpaired) electrons. The fraction of sp³-hybridized carbons (Fsp3) is 0.385. The molecule has 0 bridgehead atoms. The van der Waals surface area contributed by atoms with Crippen LogP contribution in [0.5, 0.6) is 0 Å². The minimum atomic E-state index is -0.140. The van der Waals surface area contributed by atoms with Crippen molar-refractivity contribution in [3.63, 3.8) is 0 Å². The number of nitrogens with zero attached hydrogens (tertiary/aromatic N) is 1. The number of hydrogen-bond donors (Lipinski definition) is 1. The van der Waals surface area contributed by atoms with Crippen LogP contribution in [0.1, 0.15) is 19.0 Å². The number of hydrogen-bond acceptors (Lipinski definition) is 1. The molecule has 0 aliphatic carbocycles. The molecule has 0 aliphatic rings. The van der Waals surface area contributed by atoms with Gasteiger partial charge in [0.25, 0.3) is 0 Å². The van der Waals surface area contributed by atoms with E-state index in [9.17, 15) is 4.39 Å². The van der Waals surface area contributed by atoms with E-state index in [1.807, 2.05) is 12.1 Å². The molecule has 0 amide bonds. The molecule has 2 rings (SSSR count). The average molecular weight is 220 g/mol. The van der Waals surface area contributed by atoms with E-state index in [1.54, 1.807) is 6.07 Å². The van der Waals surface area contributed by atoms with Crippen molar-refractivity contribution in [2.45, 2.75) is 26.3 Å². The quantitative estimate of drug-likeness (QED) is 0.843. The Labute approximate surface area is 94.9 Å². The van der Waals surface area contributed by atoms with Crippen LogP contribution < -0.4 is 5.73 Å². The number of rotatable bonds is 4. The maximum absolute atomic E-state index is 13.6. The van der Waals surface area contributed by atoms with Gasteiger partial charge in [-0.05, 0) is 44.5 Å². The topological polar surface area (TPSA) is 30.9 Å². The van der Waals surface area contributed by atoms with Crippen LogP contribution in [0.25, 0.3) is 10.9 Å². The molecular formula is C13H17FN2. The highest BCUT2D eigenvalue weighted by Crippen LogP contribution is 2.23. The van der Waals surface area contributed by atoms with Crippen molar-refractivity contribution in [3.8, 4) is 0 Å². The summed E-state index contributed by atoms with van der Waals surface area (Å²) in [6, 6.07) is 7.18. The first-order chi connectivity index (χ1) is 7.77. The van der Waals surface area contributed by atoms with E-state index in [2.05, 4.69) is 11.5 Å². The van der Waals surface area contributed by atoms with Crippen LogP contribution in [0, 0.1) is 5.82 Å². The highest BCUT2D eigenvalue weighted by molar-refractivity contribution is 5.82. The number of halogens is 1. The minimum absolute atomic E-state index is 0.140. The number of aryl methyl sites for hydroxylation is 2. The lowest BCUT2D eigenvalue weighted by molar-refractivity contribution is 0.639. The number of benzene rings is 1. The minimum Gasteiger partial charge on any atom is -0.345 e. The Kier molecular flexibility index (Phi) is 3.25. The van der Waals surface area contributed by atoms with E-state index in [0.29, 0.717) is 6.54 Å². The number of aromatic nitrogens is 1. The van der Waals surface area contributed by atoms with E-state index in [4.69, 9.17) is 5.73 Å². The van der Waals surface area contributed by atoms with Crippen LogP contribution >= 0.6 is 0 Å². The van der Waals surface area contributed by atoms with E-state index in [-0.39, 0.29) is 5.82 Å². The Hall–Kier alpha value is -1.35. The fourth-order valence-electron chi connectivity index (χ4n) is 2.17. The molecule has 2 N–H and O–H groups in total. The zero-order valence-corrected chi connectivity index (χ0v) is 9.54. The molecule has 2 nitrogen and oxygen atoms in total. The van der Waals surface area contributed by atoms with Crippen LogP contribution in [-0.2, 0) is 13.0 Å². The zero-order valence-electron chi connectivity index (χ0n) is 9.54. The van der Waals surface area contributed by atoms with Gasteiger partial charge in [-0.1, -0.05) is 6.07 Å². The Morgan fingerprint density at radius 3 is 2.88 bits per heavy atom.